The van der Waals surface area contributed by atoms with Crippen LogP contribution in [0.1, 0.15) is 0 Å². The highest BCUT2D eigenvalue weighted by Crippen LogP contribution is 2.43. The van der Waals surface area contributed by atoms with Crippen molar-refractivity contribution in [3.63, 3.8) is 0 Å². The Balaban J connectivity index is 1.17. The predicted molar refractivity (Wildman–Crippen MR) is 232 cm³/mol. The maximum Gasteiger partial charge on any atom is 0.164 e. The molecule has 0 aliphatic carbocycles. The number of nitrogens with zero attached hydrogens (tertiary/aromatic N) is 5. The summed E-state index contributed by atoms with van der Waals surface area (Å²) < 4.78 is 11.5. The van der Waals surface area contributed by atoms with Crippen LogP contribution in [0.2, 0.25) is 0 Å². The minimum Gasteiger partial charge on any atom is -0.454 e. The summed E-state index contributed by atoms with van der Waals surface area (Å²) >= 11 is 0. The van der Waals surface area contributed by atoms with Gasteiger partial charge < -0.3 is 13.6 Å². The molecule has 0 amide bonds. The van der Waals surface area contributed by atoms with Gasteiger partial charge in [0, 0.05) is 60.4 Å². The van der Waals surface area contributed by atoms with Crippen LogP contribution in [-0.2, 0) is 0 Å². The molecular weight excluding hydrogens is 699 g/mol. The molecule has 12 aromatic rings. The zero-order chi connectivity index (χ0) is 37.5. The van der Waals surface area contributed by atoms with Crippen LogP contribution in [0.4, 0.5) is 0 Å². The van der Waals surface area contributed by atoms with Crippen LogP contribution >= 0.6 is 0 Å². The van der Waals surface area contributed by atoms with Gasteiger partial charge in [0.15, 0.2) is 23.1 Å². The van der Waals surface area contributed by atoms with E-state index in [4.69, 9.17) is 19.4 Å². The molecule has 0 unspecified atom stereocenters. The first kappa shape index (κ1) is 31.5. The molecule has 266 valence electrons. The summed E-state index contributed by atoms with van der Waals surface area (Å²) in [6, 6.07) is 65.5. The molecule has 0 radical (unpaired) electrons. The molecule has 4 heterocycles. The van der Waals surface area contributed by atoms with Gasteiger partial charge >= 0.3 is 0 Å². The molecule has 8 aromatic carbocycles. The van der Waals surface area contributed by atoms with Crippen molar-refractivity contribution in [2.24, 2.45) is 0 Å². The van der Waals surface area contributed by atoms with Crippen LogP contribution in [0.3, 0.4) is 0 Å². The average molecular weight is 730 g/mol. The molecule has 0 saturated carbocycles. The Hall–Kier alpha value is -7.83. The van der Waals surface area contributed by atoms with E-state index < -0.39 is 0 Å². The highest BCUT2D eigenvalue weighted by Gasteiger charge is 2.23. The lowest BCUT2D eigenvalue weighted by Gasteiger charge is -2.12. The van der Waals surface area contributed by atoms with Crippen LogP contribution in [-0.4, -0.2) is 24.1 Å². The van der Waals surface area contributed by atoms with E-state index in [1.807, 2.05) is 72.8 Å². The molecule has 6 nitrogen and oxygen atoms in total. The van der Waals surface area contributed by atoms with Crippen molar-refractivity contribution in [3.05, 3.63) is 188 Å². The van der Waals surface area contributed by atoms with Crippen LogP contribution in [0.5, 0.6) is 0 Å². The second-order valence-electron chi connectivity index (χ2n) is 14.4. The van der Waals surface area contributed by atoms with Crippen molar-refractivity contribution in [3.8, 4) is 45.5 Å². The van der Waals surface area contributed by atoms with Gasteiger partial charge in [-0.15, -0.1) is 0 Å². The van der Waals surface area contributed by atoms with E-state index >= 15 is 0 Å². The third kappa shape index (κ3) is 4.87. The largest absolute Gasteiger partial charge is 0.454 e. The van der Waals surface area contributed by atoms with Gasteiger partial charge in [0.25, 0.3) is 0 Å². The van der Waals surface area contributed by atoms with Crippen LogP contribution < -0.4 is 0 Å². The van der Waals surface area contributed by atoms with E-state index in [1.165, 1.54) is 16.3 Å². The molecule has 0 aliphatic rings. The van der Waals surface area contributed by atoms with Gasteiger partial charge in [-0.2, -0.15) is 0 Å². The molecule has 6 heteroatoms. The Bertz CT molecular complexity index is 3450. The molecule has 0 N–H and O–H groups in total. The minimum absolute atomic E-state index is 0.603. The number of hydrogen-bond donors (Lipinski definition) is 0. The number of aromatic nitrogens is 5. The van der Waals surface area contributed by atoms with E-state index in [1.54, 1.807) is 0 Å². The third-order valence-corrected chi connectivity index (χ3v) is 11.1. The first-order valence-corrected chi connectivity index (χ1v) is 19.1. The molecule has 0 aliphatic heterocycles. The highest BCUT2D eigenvalue weighted by molar-refractivity contribution is 6.24. The van der Waals surface area contributed by atoms with E-state index in [2.05, 4.69) is 124 Å². The Morgan fingerprint density at radius 3 is 1.61 bits per heavy atom. The molecule has 0 atom stereocenters. The minimum atomic E-state index is 0.603. The van der Waals surface area contributed by atoms with E-state index in [9.17, 15) is 0 Å². The topological polar surface area (TPSA) is 61.7 Å². The van der Waals surface area contributed by atoms with E-state index in [-0.39, 0.29) is 0 Å². The summed E-state index contributed by atoms with van der Waals surface area (Å²) in [7, 11) is 0. The quantitative estimate of drug-likeness (QED) is 0.177. The highest BCUT2D eigenvalue weighted by atomic mass is 16.3. The molecule has 0 fully saturated rings. The smallest absolute Gasteiger partial charge is 0.164 e. The van der Waals surface area contributed by atoms with Crippen molar-refractivity contribution >= 4 is 65.6 Å². The Kier molecular flexibility index (Phi) is 6.83. The van der Waals surface area contributed by atoms with Gasteiger partial charge in [0.05, 0.1) is 22.1 Å². The summed E-state index contributed by atoms with van der Waals surface area (Å²) in [5, 5.41) is 6.87. The number of furan rings is 1. The Labute approximate surface area is 326 Å². The van der Waals surface area contributed by atoms with Crippen LogP contribution in [0, 0.1) is 0 Å². The van der Waals surface area contributed by atoms with Crippen molar-refractivity contribution in [1.29, 1.82) is 0 Å². The number of para-hydroxylation sites is 3. The lowest BCUT2D eigenvalue weighted by Crippen LogP contribution is -2.01. The lowest BCUT2D eigenvalue weighted by atomic mass is 10.1. The predicted octanol–water partition coefficient (Wildman–Crippen LogP) is 13.0. The molecule has 57 heavy (non-hydrogen) atoms. The number of rotatable bonds is 5. The second-order valence-corrected chi connectivity index (χ2v) is 14.4. The van der Waals surface area contributed by atoms with E-state index in [0.717, 1.165) is 77.3 Å². The first-order chi connectivity index (χ1) is 28.3. The van der Waals surface area contributed by atoms with Crippen LogP contribution in [0.25, 0.3) is 111 Å². The zero-order valence-electron chi connectivity index (χ0n) is 30.5. The Morgan fingerprint density at radius 2 is 0.877 bits per heavy atom. The normalized spacial score (nSPS) is 11.9. The molecular formula is C51H31N5O. The lowest BCUT2D eigenvalue weighted by molar-refractivity contribution is 0.671. The standard InChI is InChI=1S/C51H31N5O/c1-4-15-32(16-5-1)49-52-50(33-17-6-2-7-18-33)54-51(53-49)34-19-14-22-36(29-34)56-45-31-44-41(37-23-10-12-25-43(37)55(44)35-20-8-3-9-21-35)30-42(45)39-27-28-40-38-24-11-13-26-46(38)57-48(40)47(39)56/h1-31H. The number of hydrogen-bond acceptors (Lipinski definition) is 4. The van der Waals surface area contributed by atoms with Crippen molar-refractivity contribution in [1.82, 2.24) is 24.1 Å². The van der Waals surface area contributed by atoms with Crippen molar-refractivity contribution in [2.45, 2.75) is 0 Å². The summed E-state index contributed by atoms with van der Waals surface area (Å²) in [6.07, 6.45) is 0. The fraction of sp³-hybridized carbons (Fsp3) is 0. The van der Waals surface area contributed by atoms with Crippen molar-refractivity contribution < 1.29 is 4.42 Å². The number of fused-ring (bicyclic) bond motifs is 10. The van der Waals surface area contributed by atoms with Gasteiger partial charge in [0.2, 0.25) is 0 Å². The van der Waals surface area contributed by atoms with Gasteiger partial charge in [-0.25, -0.2) is 15.0 Å². The van der Waals surface area contributed by atoms with Gasteiger partial charge in [0.1, 0.15) is 5.58 Å². The average Bonchev–Trinajstić information content (AvgIpc) is 3.94. The third-order valence-electron chi connectivity index (χ3n) is 11.1. The Morgan fingerprint density at radius 1 is 0.333 bits per heavy atom. The molecule has 0 saturated heterocycles. The molecule has 4 aromatic heterocycles. The van der Waals surface area contributed by atoms with Gasteiger partial charge in [-0.3, -0.25) is 0 Å². The fourth-order valence-electron chi connectivity index (χ4n) is 8.58. The molecule has 0 spiro atoms. The SMILES string of the molecule is c1ccc(-c2nc(-c3ccccc3)nc(-c3cccc(-n4c5cc6c(cc5c5ccc7c8ccccc8oc7c54)c4ccccc4n6-c4ccccc4)c3)n2)cc1. The second kappa shape index (κ2) is 12.3. The molecule has 12 rings (SSSR count). The van der Waals surface area contributed by atoms with Crippen molar-refractivity contribution in [2.75, 3.05) is 0 Å². The monoisotopic (exact) mass is 729 g/mol. The summed E-state index contributed by atoms with van der Waals surface area (Å²) in [4.78, 5) is 15.1. The zero-order valence-corrected chi connectivity index (χ0v) is 30.5. The number of benzene rings is 8. The fourth-order valence-corrected chi connectivity index (χ4v) is 8.58. The maximum atomic E-state index is 6.79. The molecule has 0 bridgehead atoms. The van der Waals surface area contributed by atoms with Gasteiger partial charge in [-0.1, -0.05) is 133 Å². The summed E-state index contributed by atoms with van der Waals surface area (Å²) in [5.74, 6) is 1.86. The van der Waals surface area contributed by atoms with E-state index in [0.29, 0.717) is 17.5 Å². The summed E-state index contributed by atoms with van der Waals surface area (Å²) in [6.45, 7) is 0. The maximum absolute atomic E-state index is 6.79. The first-order valence-electron chi connectivity index (χ1n) is 19.1. The van der Waals surface area contributed by atoms with Gasteiger partial charge in [-0.05, 0) is 54.6 Å². The van der Waals surface area contributed by atoms with Crippen LogP contribution in [0.15, 0.2) is 192 Å². The summed E-state index contributed by atoms with van der Waals surface area (Å²) in [5.41, 5.74) is 11.0.